The zero-order chi connectivity index (χ0) is 14.9. The van der Waals surface area contributed by atoms with Gasteiger partial charge in [0.1, 0.15) is 11.4 Å². The molecule has 0 atom stereocenters. The highest BCUT2D eigenvalue weighted by molar-refractivity contribution is 6.32. The van der Waals surface area contributed by atoms with Crippen LogP contribution < -0.4 is 0 Å². The number of phenolic OH excluding ortho intramolecular Hbond substituents is 1. The van der Waals surface area contributed by atoms with E-state index in [0.29, 0.717) is 17.3 Å². The maximum absolute atomic E-state index is 9.46. The number of halogens is 1. The van der Waals surface area contributed by atoms with Crippen LogP contribution in [-0.4, -0.2) is 22.4 Å². The molecule has 112 valence electrons. The molecule has 1 aliphatic rings. The van der Waals surface area contributed by atoms with Gasteiger partial charge in [0, 0.05) is 12.7 Å². The Labute approximate surface area is 127 Å². The third-order valence-electron chi connectivity index (χ3n) is 4.08. The van der Waals surface area contributed by atoms with Gasteiger partial charge >= 0.3 is 0 Å². The van der Waals surface area contributed by atoms with Crippen molar-refractivity contribution in [2.24, 2.45) is 0 Å². The fourth-order valence-corrected chi connectivity index (χ4v) is 2.99. The minimum absolute atomic E-state index is 0.0285. The summed E-state index contributed by atoms with van der Waals surface area (Å²) in [5, 5.41) is 13.8. The number of hydrogen-bond acceptors (Lipinski definition) is 5. The fraction of sp³-hybridized carbons (Fsp3) is 0.467. The molecule has 1 aromatic carbocycles. The molecule has 1 saturated carbocycles. The van der Waals surface area contributed by atoms with Gasteiger partial charge in [0.05, 0.1) is 5.02 Å². The van der Waals surface area contributed by atoms with Gasteiger partial charge in [-0.3, -0.25) is 0 Å². The summed E-state index contributed by atoms with van der Waals surface area (Å²) in [5.74, 6) is 0.999. The lowest BCUT2D eigenvalue weighted by atomic mass is 9.84. The highest BCUT2D eigenvalue weighted by atomic mass is 35.5. The predicted octanol–water partition coefficient (Wildman–Crippen LogP) is 3.90. The number of benzene rings is 1. The summed E-state index contributed by atoms with van der Waals surface area (Å²) in [7, 11) is 1.69. The van der Waals surface area contributed by atoms with Crippen LogP contribution in [0.3, 0.4) is 0 Å². The Morgan fingerprint density at radius 3 is 2.71 bits per heavy atom. The summed E-state index contributed by atoms with van der Waals surface area (Å²) in [4.78, 5) is 4.47. The zero-order valence-corrected chi connectivity index (χ0v) is 12.6. The topological polar surface area (TPSA) is 68.4 Å². The lowest BCUT2D eigenvalue weighted by Crippen LogP contribution is -2.32. The summed E-state index contributed by atoms with van der Waals surface area (Å²) < 4.78 is 11.1. The summed E-state index contributed by atoms with van der Waals surface area (Å²) >= 11 is 5.91. The monoisotopic (exact) mass is 308 g/mol. The van der Waals surface area contributed by atoms with Gasteiger partial charge in [-0.05, 0) is 31.0 Å². The first-order chi connectivity index (χ1) is 10.1. The molecule has 0 unspecified atom stereocenters. The van der Waals surface area contributed by atoms with Crippen LogP contribution in [0.5, 0.6) is 5.75 Å². The molecule has 1 aliphatic carbocycles. The maximum atomic E-state index is 9.46. The van der Waals surface area contributed by atoms with Crippen molar-refractivity contribution in [2.45, 2.75) is 37.7 Å². The summed E-state index contributed by atoms with van der Waals surface area (Å²) in [5.41, 5.74) is 0.236. The SMILES string of the molecule is COC1(c2noc(-c3ccc(O)c(Cl)c3)n2)CCCCC1. The van der Waals surface area contributed by atoms with Gasteiger partial charge in [-0.2, -0.15) is 4.98 Å². The lowest BCUT2D eigenvalue weighted by molar-refractivity contribution is -0.0527. The van der Waals surface area contributed by atoms with Crippen molar-refractivity contribution in [1.29, 1.82) is 0 Å². The van der Waals surface area contributed by atoms with E-state index in [1.165, 1.54) is 12.5 Å². The Hall–Kier alpha value is -1.59. The van der Waals surface area contributed by atoms with E-state index in [1.54, 1.807) is 19.2 Å². The largest absolute Gasteiger partial charge is 0.506 e. The van der Waals surface area contributed by atoms with Gasteiger partial charge in [0.15, 0.2) is 0 Å². The molecular weight excluding hydrogens is 292 g/mol. The molecule has 5 nitrogen and oxygen atoms in total. The highest BCUT2D eigenvalue weighted by Crippen LogP contribution is 2.39. The molecule has 6 heteroatoms. The van der Waals surface area contributed by atoms with Crippen LogP contribution in [0.15, 0.2) is 22.7 Å². The third kappa shape index (κ3) is 2.63. The van der Waals surface area contributed by atoms with Gasteiger partial charge in [0.25, 0.3) is 5.89 Å². The maximum Gasteiger partial charge on any atom is 0.258 e. The van der Waals surface area contributed by atoms with Crippen molar-refractivity contribution in [1.82, 2.24) is 10.1 Å². The van der Waals surface area contributed by atoms with E-state index >= 15 is 0 Å². The van der Waals surface area contributed by atoms with Crippen LogP contribution in [0.25, 0.3) is 11.5 Å². The van der Waals surface area contributed by atoms with Crippen LogP contribution in [-0.2, 0) is 10.3 Å². The molecule has 2 aromatic rings. The van der Waals surface area contributed by atoms with Gasteiger partial charge in [-0.25, -0.2) is 0 Å². The molecule has 0 spiro atoms. The average Bonchev–Trinajstić information content (AvgIpc) is 3.01. The second kappa shape index (κ2) is 5.66. The number of ether oxygens (including phenoxy) is 1. The van der Waals surface area contributed by atoms with Crippen LogP contribution in [0.4, 0.5) is 0 Å². The Morgan fingerprint density at radius 1 is 1.29 bits per heavy atom. The number of aromatic hydroxyl groups is 1. The first-order valence-corrected chi connectivity index (χ1v) is 7.41. The van der Waals surface area contributed by atoms with Crippen molar-refractivity contribution in [2.75, 3.05) is 7.11 Å². The van der Waals surface area contributed by atoms with E-state index in [9.17, 15) is 5.11 Å². The van der Waals surface area contributed by atoms with Crippen molar-refractivity contribution < 1.29 is 14.4 Å². The molecule has 0 saturated heterocycles. The van der Waals surface area contributed by atoms with Crippen LogP contribution in [0.1, 0.15) is 37.9 Å². The molecule has 0 amide bonds. The second-order valence-corrected chi connectivity index (χ2v) is 5.76. The number of methoxy groups -OCH3 is 1. The van der Waals surface area contributed by atoms with Crippen molar-refractivity contribution in [3.05, 3.63) is 29.0 Å². The first kappa shape index (κ1) is 14.4. The van der Waals surface area contributed by atoms with E-state index in [0.717, 1.165) is 25.7 Å². The number of rotatable bonds is 3. The lowest BCUT2D eigenvalue weighted by Gasteiger charge is -2.32. The predicted molar refractivity (Wildman–Crippen MR) is 78.2 cm³/mol. The minimum Gasteiger partial charge on any atom is -0.506 e. The standard InChI is InChI=1S/C15H17ClN2O3/c1-20-15(7-3-2-4-8-15)14-17-13(21-18-14)10-5-6-12(19)11(16)9-10/h5-6,9,19H,2-4,7-8H2,1H3. The van der Waals surface area contributed by atoms with Gasteiger partial charge < -0.3 is 14.4 Å². The Kier molecular flexibility index (Phi) is 3.87. The van der Waals surface area contributed by atoms with E-state index < -0.39 is 5.60 Å². The quantitative estimate of drug-likeness (QED) is 0.931. The summed E-state index contributed by atoms with van der Waals surface area (Å²) in [6.45, 7) is 0. The zero-order valence-electron chi connectivity index (χ0n) is 11.8. The van der Waals surface area contributed by atoms with Crippen LogP contribution in [0, 0.1) is 0 Å². The van der Waals surface area contributed by atoms with Crippen LogP contribution >= 0.6 is 11.6 Å². The van der Waals surface area contributed by atoms with E-state index in [2.05, 4.69) is 10.1 Å². The van der Waals surface area contributed by atoms with E-state index in [1.807, 2.05) is 0 Å². The number of nitrogens with zero attached hydrogens (tertiary/aromatic N) is 2. The number of hydrogen-bond donors (Lipinski definition) is 1. The van der Waals surface area contributed by atoms with Gasteiger partial charge in [-0.15, -0.1) is 0 Å². The minimum atomic E-state index is -0.444. The molecular formula is C15H17ClN2O3. The van der Waals surface area contributed by atoms with Crippen LogP contribution in [0.2, 0.25) is 5.02 Å². The first-order valence-electron chi connectivity index (χ1n) is 7.03. The third-order valence-corrected chi connectivity index (χ3v) is 4.38. The second-order valence-electron chi connectivity index (χ2n) is 5.35. The smallest absolute Gasteiger partial charge is 0.258 e. The van der Waals surface area contributed by atoms with Crippen molar-refractivity contribution in [3.63, 3.8) is 0 Å². The van der Waals surface area contributed by atoms with Gasteiger partial charge in [-0.1, -0.05) is 36.0 Å². The van der Waals surface area contributed by atoms with Crippen molar-refractivity contribution in [3.8, 4) is 17.2 Å². The molecule has 0 aliphatic heterocycles. The van der Waals surface area contributed by atoms with E-state index in [-0.39, 0.29) is 10.8 Å². The Balaban J connectivity index is 1.93. The molecule has 1 fully saturated rings. The Morgan fingerprint density at radius 2 is 2.05 bits per heavy atom. The molecule has 1 N–H and O–H groups in total. The molecule has 1 aromatic heterocycles. The van der Waals surface area contributed by atoms with Gasteiger partial charge in [0.2, 0.25) is 5.82 Å². The molecule has 3 rings (SSSR count). The summed E-state index contributed by atoms with van der Waals surface area (Å²) in [6.07, 6.45) is 5.21. The molecule has 0 radical (unpaired) electrons. The van der Waals surface area contributed by atoms with Crippen molar-refractivity contribution >= 4 is 11.6 Å². The normalized spacial score (nSPS) is 17.8. The summed E-state index contributed by atoms with van der Waals surface area (Å²) in [6, 6.07) is 4.81. The average molecular weight is 309 g/mol. The molecule has 0 bridgehead atoms. The Bertz CT molecular complexity index is 636. The molecule has 21 heavy (non-hydrogen) atoms. The van der Waals surface area contributed by atoms with E-state index in [4.69, 9.17) is 20.9 Å². The number of aromatic nitrogens is 2. The molecule has 1 heterocycles. The fourth-order valence-electron chi connectivity index (χ4n) is 2.81. The number of phenols is 1. The highest BCUT2D eigenvalue weighted by Gasteiger charge is 2.38.